The Morgan fingerprint density at radius 3 is 2.83 bits per heavy atom. The summed E-state index contributed by atoms with van der Waals surface area (Å²) < 4.78 is 5.68. The van der Waals surface area contributed by atoms with E-state index in [-0.39, 0.29) is 0 Å². The molecule has 1 rings (SSSR count). The summed E-state index contributed by atoms with van der Waals surface area (Å²) in [4.78, 5) is 0. The van der Waals surface area contributed by atoms with Crippen molar-refractivity contribution in [2.24, 2.45) is 0 Å². The fourth-order valence-corrected chi connectivity index (χ4v) is 2.52. The fourth-order valence-electron chi connectivity index (χ4n) is 1.56. The maximum Gasteiger partial charge on any atom is 0.119 e. The number of hydrogen-bond donors (Lipinski definition) is 0. The molecule has 98 valence electrons. The van der Waals surface area contributed by atoms with E-state index in [1.54, 1.807) is 0 Å². The molecular formula is C15H21NOS. The number of nitriles is 1. The zero-order chi connectivity index (χ0) is 13.1. The molecule has 0 unspecified atom stereocenters. The Balaban J connectivity index is 1.94. The van der Waals surface area contributed by atoms with Crippen LogP contribution in [0.5, 0.6) is 5.75 Å². The molecule has 2 nitrogen and oxygen atoms in total. The van der Waals surface area contributed by atoms with E-state index in [1.165, 1.54) is 17.7 Å². The van der Waals surface area contributed by atoms with Gasteiger partial charge >= 0.3 is 0 Å². The zero-order valence-corrected chi connectivity index (χ0v) is 11.8. The Morgan fingerprint density at radius 2 is 2.06 bits per heavy atom. The van der Waals surface area contributed by atoms with Gasteiger partial charge in [0.15, 0.2) is 0 Å². The van der Waals surface area contributed by atoms with Gasteiger partial charge < -0.3 is 4.74 Å². The second-order valence-electron chi connectivity index (χ2n) is 4.25. The zero-order valence-electron chi connectivity index (χ0n) is 11.0. The molecule has 0 radical (unpaired) electrons. The second kappa shape index (κ2) is 9.85. The minimum Gasteiger partial charge on any atom is -0.494 e. The van der Waals surface area contributed by atoms with Crippen molar-refractivity contribution in [3.63, 3.8) is 0 Å². The van der Waals surface area contributed by atoms with E-state index >= 15 is 0 Å². The van der Waals surface area contributed by atoms with E-state index in [0.717, 1.165) is 31.0 Å². The molecule has 0 N–H and O–H groups in total. The fraction of sp³-hybridized carbons (Fsp3) is 0.533. The molecule has 0 aromatic heterocycles. The summed E-state index contributed by atoms with van der Waals surface area (Å²) in [6.07, 6.45) is 3.98. The molecule has 0 saturated heterocycles. The topological polar surface area (TPSA) is 33.0 Å². The number of benzene rings is 1. The predicted molar refractivity (Wildman–Crippen MR) is 78.1 cm³/mol. The lowest BCUT2D eigenvalue weighted by Gasteiger charge is -2.06. The largest absolute Gasteiger partial charge is 0.494 e. The second-order valence-corrected chi connectivity index (χ2v) is 5.47. The minimum absolute atomic E-state index is 0.684. The van der Waals surface area contributed by atoms with Crippen LogP contribution in [0.4, 0.5) is 0 Å². The van der Waals surface area contributed by atoms with Crippen molar-refractivity contribution in [3.8, 4) is 11.8 Å². The van der Waals surface area contributed by atoms with Crippen LogP contribution >= 0.6 is 11.8 Å². The first-order valence-electron chi connectivity index (χ1n) is 6.47. The van der Waals surface area contributed by atoms with E-state index in [2.05, 4.69) is 25.1 Å². The van der Waals surface area contributed by atoms with Crippen LogP contribution in [0.2, 0.25) is 0 Å². The van der Waals surface area contributed by atoms with Crippen LogP contribution in [0.3, 0.4) is 0 Å². The average Bonchev–Trinajstić information content (AvgIpc) is 2.37. The Bertz CT molecular complexity index is 373. The van der Waals surface area contributed by atoms with Gasteiger partial charge in [-0.3, -0.25) is 0 Å². The third kappa shape index (κ3) is 7.24. The van der Waals surface area contributed by atoms with E-state index < -0.39 is 0 Å². The van der Waals surface area contributed by atoms with E-state index in [0.29, 0.717) is 6.42 Å². The number of aryl methyl sites for hydroxylation is 1. The number of unbranched alkanes of at least 4 members (excludes halogenated alkanes) is 2. The molecule has 0 bridgehead atoms. The lowest BCUT2D eigenvalue weighted by molar-refractivity contribution is 0.309. The molecule has 0 atom stereocenters. The number of rotatable bonds is 9. The highest BCUT2D eigenvalue weighted by Gasteiger charge is 1.95. The summed E-state index contributed by atoms with van der Waals surface area (Å²) in [5.74, 6) is 3.24. The standard InChI is InChI=1S/C15H21NOS/c1-14-7-6-8-15(13-14)17-10-3-5-12-18-11-4-2-9-16/h6-8,13H,2-5,10-12H2,1H3. The molecule has 1 aromatic rings. The molecule has 0 spiro atoms. The molecule has 0 fully saturated rings. The van der Waals surface area contributed by atoms with Crippen molar-refractivity contribution >= 4 is 11.8 Å². The lowest BCUT2D eigenvalue weighted by Crippen LogP contribution is -1.98. The summed E-state index contributed by atoms with van der Waals surface area (Å²) in [6.45, 7) is 2.87. The Kier molecular flexibility index (Phi) is 8.16. The van der Waals surface area contributed by atoms with Gasteiger partial charge in [0.1, 0.15) is 5.75 Å². The van der Waals surface area contributed by atoms with Gasteiger partial charge in [-0.05, 0) is 55.4 Å². The molecule has 0 aliphatic carbocycles. The maximum atomic E-state index is 8.39. The normalized spacial score (nSPS) is 10.0. The minimum atomic E-state index is 0.684. The molecule has 18 heavy (non-hydrogen) atoms. The Hall–Kier alpha value is -1.14. The average molecular weight is 263 g/mol. The predicted octanol–water partition coefficient (Wildman–Crippen LogP) is 4.19. The molecule has 1 aromatic carbocycles. The summed E-state index contributed by atoms with van der Waals surface area (Å²) in [7, 11) is 0. The molecule has 0 amide bonds. The third-order valence-electron chi connectivity index (χ3n) is 2.52. The van der Waals surface area contributed by atoms with Crippen LogP contribution in [0.25, 0.3) is 0 Å². The smallest absolute Gasteiger partial charge is 0.119 e. The molecule has 0 saturated carbocycles. The summed E-state index contributed by atoms with van der Waals surface area (Å²) in [6, 6.07) is 10.3. The first-order chi connectivity index (χ1) is 8.83. The van der Waals surface area contributed by atoms with Gasteiger partial charge in [0.2, 0.25) is 0 Å². The number of ether oxygens (including phenoxy) is 1. The first kappa shape index (κ1) is 14.9. The van der Waals surface area contributed by atoms with Gasteiger partial charge in [-0.15, -0.1) is 0 Å². The van der Waals surface area contributed by atoms with Crippen molar-refractivity contribution in [3.05, 3.63) is 29.8 Å². The summed E-state index contributed by atoms with van der Waals surface area (Å²) in [5, 5.41) is 8.39. The highest BCUT2D eigenvalue weighted by molar-refractivity contribution is 7.99. The number of thioether (sulfide) groups is 1. The monoisotopic (exact) mass is 263 g/mol. The number of nitrogens with zero attached hydrogens (tertiary/aromatic N) is 1. The maximum absolute atomic E-state index is 8.39. The van der Waals surface area contributed by atoms with E-state index in [1.807, 2.05) is 23.9 Å². The van der Waals surface area contributed by atoms with E-state index in [4.69, 9.17) is 10.00 Å². The summed E-state index contributed by atoms with van der Waals surface area (Å²) in [5.41, 5.74) is 1.24. The first-order valence-corrected chi connectivity index (χ1v) is 7.62. The molecule has 0 heterocycles. The third-order valence-corrected chi connectivity index (χ3v) is 3.67. The van der Waals surface area contributed by atoms with Gasteiger partial charge in [0.05, 0.1) is 12.7 Å². The van der Waals surface area contributed by atoms with Crippen LogP contribution in [-0.2, 0) is 0 Å². The van der Waals surface area contributed by atoms with Crippen LogP contribution in [0, 0.1) is 18.3 Å². The van der Waals surface area contributed by atoms with Crippen molar-refractivity contribution < 1.29 is 4.74 Å². The van der Waals surface area contributed by atoms with E-state index in [9.17, 15) is 0 Å². The van der Waals surface area contributed by atoms with Crippen molar-refractivity contribution in [2.45, 2.75) is 32.6 Å². The highest BCUT2D eigenvalue weighted by atomic mass is 32.2. The van der Waals surface area contributed by atoms with Crippen molar-refractivity contribution in [1.82, 2.24) is 0 Å². The SMILES string of the molecule is Cc1cccc(OCCCCSCCCC#N)c1. The lowest BCUT2D eigenvalue weighted by atomic mass is 10.2. The Labute approximate surface area is 114 Å². The molecule has 3 heteroatoms. The van der Waals surface area contributed by atoms with Crippen LogP contribution in [0.15, 0.2) is 24.3 Å². The number of hydrogen-bond acceptors (Lipinski definition) is 3. The van der Waals surface area contributed by atoms with Gasteiger partial charge in [-0.25, -0.2) is 0 Å². The van der Waals surface area contributed by atoms with Crippen molar-refractivity contribution in [1.29, 1.82) is 5.26 Å². The van der Waals surface area contributed by atoms with Crippen molar-refractivity contribution in [2.75, 3.05) is 18.1 Å². The van der Waals surface area contributed by atoms with Crippen LogP contribution in [0.1, 0.15) is 31.2 Å². The van der Waals surface area contributed by atoms with Crippen LogP contribution in [-0.4, -0.2) is 18.1 Å². The van der Waals surface area contributed by atoms with Crippen LogP contribution < -0.4 is 4.74 Å². The molecule has 0 aliphatic rings. The molecule has 0 aliphatic heterocycles. The Morgan fingerprint density at radius 1 is 1.22 bits per heavy atom. The quantitative estimate of drug-likeness (QED) is 0.626. The highest BCUT2D eigenvalue weighted by Crippen LogP contribution is 2.13. The molecular weight excluding hydrogens is 242 g/mol. The van der Waals surface area contributed by atoms with Gasteiger partial charge in [0.25, 0.3) is 0 Å². The summed E-state index contributed by atoms with van der Waals surface area (Å²) >= 11 is 1.94. The van der Waals surface area contributed by atoms with Gasteiger partial charge in [0, 0.05) is 6.42 Å². The van der Waals surface area contributed by atoms with Gasteiger partial charge in [-0.2, -0.15) is 17.0 Å². The van der Waals surface area contributed by atoms with Gasteiger partial charge in [-0.1, -0.05) is 12.1 Å².